The number of H-pyrrole nitrogens is 2. The molecule has 5 aromatic rings. The Hall–Kier alpha value is -6.12. The molecule has 0 spiro atoms. The molecule has 0 radical (unpaired) electrons. The van der Waals surface area contributed by atoms with E-state index in [1.165, 1.54) is 14.2 Å². The maximum atomic E-state index is 13.1. The minimum atomic E-state index is -0.659. The van der Waals surface area contributed by atoms with E-state index < -0.39 is 12.2 Å². The highest BCUT2D eigenvalue weighted by molar-refractivity contribution is 6.07. The van der Waals surface area contributed by atoms with Crippen molar-refractivity contribution in [3.8, 4) is 28.1 Å². The zero-order valence-corrected chi connectivity index (χ0v) is 32.1. The van der Waals surface area contributed by atoms with E-state index in [2.05, 4.69) is 73.2 Å². The van der Waals surface area contributed by atoms with Gasteiger partial charge in [-0.25, -0.2) is 19.6 Å². The number of aromatic amines is 2. The third kappa shape index (κ3) is 8.66. The van der Waals surface area contributed by atoms with Gasteiger partial charge in [0.25, 0.3) is 0 Å². The first kappa shape index (κ1) is 38.6. The molecule has 0 unspecified atom stereocenters. The number of fused-ring (bicyclic) bond motifs is 6. The van der Waals surface area contributed by atoms with E-state index in [0.717, 1.165) is 68.3 Å². The molecule has 290 valence electrons. The summed E-state index contributed by atoms with van der Waals surface area (Å²) in [4.78, 5) is 68.9. The average Bonchev–Trinajstić information content (AvgIpc) is 3.86. The quantitative estimate of drug-likeness (QED) is 0.108. The number of amides is 4. The molecule has 0 bridgehead atoms. The van der Waals surface area contributed by atoms with Crippen molar-refractivity contribution in [3.63, 3.8) is 0 Å². The predicted octanol–water partition coefficient (Wildman–Crippen LogP) is 5.88. The van der Waals surface area contributed by atoms with E-state index in [0.29, 0.717) is 24.8 Å². The van der Waals surface area contributed by atoms with E-state index in [4.69, 9.17) is 9.72 Å². The van der Waals surface area contributed by atoms with Crippen LogP contribution in [0.25, 0.3) is 44.2 Å². The van der Waals surface area contributed by atoms with E-state index in [-0.39, 0.29) is 50.0 Å². The number of methoxy groups -OCH3 is 2. The number of alkyl carbamates (subject to hydrolysis) is 2. The number of carbonyl (C=O) groups is 4. The lowest BCUT2D eigenvalue weighted by molar-refractivity contribution is -0.133. The maximum Gasteiger partial charge on any atom is 0.407 e. The molecule has 6 rings (SSSR count). The van der Waals surface area contributed by atoms with Crippen LogP contribution >= 0.6 is 0 Å². The van der Waals surface area contributed by atoms with Gasteiger partial charge in [-0.1, -0.05) is 45.4 Å². The molecule has 2 aromatic heterocycles. The molecule has 1 aliphatic rings. The van der Waals surface area contributed by atoms with Crippen LogP contribution in [0.15, 0.2) is 48.7 Å². The molecule has 15 nitrogen and oxygen atoms in total. The number of hydrogen-bond donors (Lipinski definition) is 4. The Morgan fingerprint density at radius 1 is 0.873 bits per heavy atom. The second-order valence-electron chi connectivity index (χ2n) is 13.9. The summed E-state index contributed by atoms with van der Waals surface area (Å²) < 4.78 is 15.6. The summed E-state index contributed by atoms with van der Waals surface area (Å²) >= 11 is 0. The number of ether oxygens (including phenoxy) is 3. The summed E-state index contributed by atoms with van der Waals surface area (Å²) in [7, 11) is 2.52. The predicted molar refractivity (Wildman–Crippen MR) is 207 cm³/mol. The highest BCUT2D eigenvalue weighted by Gasteiger charge is 2.24. The third-order valence-electron chi connectivity index (χ3n) is 10.2. The Labute approximate surface area is 319 Å². The Morgan fingerprint density at radius 2 is 1.62 bits per heavy atom. The van der Waals surface area contributed by atoms with Gasteiger partial charge >= 0.3 is 12.2 Å². The zero-order valence-electron chi connectivity index (χ0n) is 32.1. The summed E-state index contributed by atoms with van der Waals surface area (Å²) in [5, 5.41) is 6.88. The fourth-order valence-electron chi connectivity index (χ4n) is 6.64. The lowest BCUT2D eigenvalue weighted by Gasteiger charge is -2.28. The van der Waals surface area contributed by atoms with Crippen LogP contribution in [0.4, 0.5) is 9.59 Å². The Bertz CT molecular complexity index is 2210. The highest BCUT2D eigenvalue weighted by atomic mass is 16.5. The van der Waals surface area contributed by atoms with Crippen LogP contribution < -0.4 is 15.4 Å². The van der Waals surface area contributed by atoms with Crippen molar-refractivity contribution in [2.45, 2.75) is 66.3 Å². The van der Waals surface area contributed by atoms with Crippen LogP contribution in [0, 0.1) is 5.92 Å². The first-order valence-corrected chi connectivity index (χ1v) is 18.5. The molecule has 15 heteroatoms. The van der Waals surface area contributed by atoms with Gasteiger partial charge in [0.15, 0.2) is 0 Å². The monoisotopic (exact) mass is 752 g/mol. The van der Waals surface area contributed by atoms with Crippen molar-refractivity contribution in [1.29, 1.82) is 0 Å². The summed E-state index contributed by atoms with van der Waals surface area (Å²) in [6, 6.07) is 14.4. The summed E-state index contributed by atoms with van der Waals surface area (Å²) in [6.45, 7) is 9.21. The van der Waals surface area contributed by atoms with Gasteiger partial charge in [-0.15, -0.1) is 0 Å². The van der Waals surface area contributed by atoms with Gasteiger partial charge in [0, 0.05) is 23.5 Å². The van der Waals surface area contributed by atoms with Gasteiger partial charge in [-0.05, 0) is 65.6 Å². The van der Waals surface area contributed by atoms with Crippen LogP contribution in [-0.4, -0.2) is 93.6 Å². The van der Waals surface area contributed by atoms with Crippen molar-refractivity contribution >= 4 is 45.8 Å². The number of nitrogens with one attached hydrogen (secondary N) is 4. The summed E-state index contributed by atoms with van der Waals surface area (Å²) in [5.74, 6) is 1.84. The number of benzene rings is 3. The molecule has 4 amide bonds. The largest absolute Gasteiger partial charge is 0.488 e. The standard InChI is InChI=1S/C40H48N8O7/c1-7-23(3)19-47(36(49)17-42-39(51)53-5)20-35-44-31-12-10-25-14-30-28-11-9-26(13-27(28)22-55-33(30)15-29(25)38(31)46-35)32-16-41-34(45-32)21-48(24(4)8-2)37(50)18-43-40(52)54-6/h9-16,23-24H,7-8,17-22H2,1-6H3,(H,41,45)(H,42,51)(H,43,52)(H,44,46)/t23-,24-/m0/s1. The van der Waals surface area contributed by atoms with E-state index in [1.807, 2.05) is 32.0 Å². The molecule has 2 atom stereocenters. The molecule has 55 heavy (non-hydrogen) atoms. The van der Waals surface area contributed by atoms with Crippen LogP contribution in [0.3, 0.4) is 0 Å². The van der Waals surface area contributed by atoms with Crippen molar-refractivity contribution in [2.75, 3.05) is 33.9 Å². The second kappa shape index (κ2) is 16.9. The van der Waals surface area contributed by atoms with Crippen LogP contribution in [0.1, 0.15) is 57.7 Å². The number of carbonyl (C=O) groups excluding carboxylic acids is 4. The fraction of sp³-hybridized carbons (Fsp3) is 0.400. The number of hydrogen-bond acceptors (Lipinski definition) is 9. The molecular formula is C40H48N8O7. The van der Waals surface area contributed by atoms with Gasteiger partial charge in [0.2, 0.25) is 11.8 Å². The van der Waals surface area contributed by atoms with E-state index in [9.17, 15) is 19.2 Å². The SMILES string of the molecule is CC[C@H](C)CN(Cc1nc2c(ccc3cc4c(cc32)OCc2cc(-c3cnc(CN(C(=O)CNC(=O)OC)[C@@H](C)CC)[nH]3)ccc2-4)[nH]1)C(=O)CNC(=O)OC. The lowest BCUT2D eigenvalue weighted by Crippen LogP contribution is -2.44. The lowest BCUT2D eigenvalue weighted by atomic mass is 9.92. The Balaban J connectivity index is 1.21. The maximum absolute atomic E-state index is 13.1. The number of nitrogens with zero attached hydrogens (tertiary/aromatic N) is 4. The van der Waals surface area contributed by atoms with Crippen molar-refractivity contribution in [2.24, 2.45) is 5.92 Å². The zero-order chi connectivity index (χ0) is 39.2. The fourth-order valence-corrected chi connectivity index (χ4v) is 6.64. The van der Waals surface area contributed by atoms with E-state index in [1.54, 1.807) is 16.0 Å². The average molecular weight is 753 g/mol. The molecule has 0 saturated heterocycles. The molecule has 0 saturated carbocycles. The molecule has 1 aliphatic heterocycles. The first-order chi connectivity index (χ1) is 26.5. The van der Waals surface area contributed by atoms with Crippen LogP contribution in [0.2, 0.25) is 0 Å². The molecule has 4 N–H and O–H groups in total. The molecule has 0 fully saturated rings. The molecule has 0 aliphatic carbocycles. The van der Waals surface area contributed by atoms with Gasteiger partial charge in [-0.2, -0.15) is 0 Å². The highest BCUT2D eigenvalue weighted by Crippen LogP contribution is 2.42. The summed E-state index contributed by atoms with van der Waals surface area (Å²) in [6.07, 6.45) is 2.09. The van der Waals surface area contributed by atoms with Gasteiger partial charge in [-0.3, -0.25) is 9.59 Å². The smallest absolute Gasteiger partial charge is 0.407 e. The third-order valence-corrected chi connectivity index (χ3v) is 10.2. The topological polar surface area (TPSA) is 184 Å². The van der Waals surface area contributed by atoms with Gasteiger partial charge in [0.05, 0.1) is 50.2 Å². The number of imidazole rings is 2. The minimum Gasteiger partial charge on any atom is -0.488 e. The second-order valence-corrected chi connectivity index (χ2v) is 13.9. The summed E-state index contributed by atoms with van der Waals surface area (Å²) in [5.41, 5.74) is 6.46. The first-order valence-electron chi connectivity index (χ1n) is 18.5. The molecular weight excluding hydrogens is 704 g/mol. The number of aromatic nitrogens is 4. The van der Waals surface area contributed by atoms with E-state index >= 15 is 0 Å². The van der Waals surface area contributed by atoms with Crippen LogP contribution in [0.5, 0.6) is 5.75 Å². The number of rotatable bonds is 14. The van der Waals surface area contributed by atoms with Gasteiger partial charge < -0.3 is 44.6 Å². The van der Waals surface area contributed by atoms with Crippen molar-refractivity contribution < 1.29 is 33.4 Å². The normalized spacial score (nSPS) is 12.9. The molecule has 3 heterocycles. The molecule has 3 aromatic carbocycles. The van der Waals surface area contributed by atoms with Crippen LogP contribution in [-0.2, 0) is 38.8 Å². The van der Waals surface area contributed by atoms with Gasteiger partial charge in [0.1, 0.15) is 37.1 Å². The van der Waals surface area contributed by atoms with Crippen molar-refractivity contribution in [3.05, 3.63) is 65.9 Å². The Kier molecular flexibility index (Phi) is 11.9. The minimum absolute atomic E-state index is 0.0626. The Morgan fingerprint density at radius 3 is 2.33 bits per heavy atom. The van der Waals surface area contributed by atoms with Crippen molar-refractivity contribution in [1.82, 2.24) is 40.4 Å².